The molecule has 0 aliphatic heterocycles. The number of carbonyl (C=O) groups is 1. The highest BCUT2D eigenvalue weighted by Crippen LogP contribution is 2.15. The molecule has 1 amide bonds. The van der Waals surface area contributed by atoms with Gasteiger partial charge in [0.25, 0.3) is 5.56 Å². The third kappa shape index (κ3) is 3.43. The largest absolute Gasteiger partial charge is 0.346 e. The van der Waals surface area contributed by atoms with Gasteiger partial charge in [-0.2, -0.15) is 5.10 Å². The zero-order valence-corrected chi connectivity index (χ0v) is 14.1. The number of fused-ring (bicyclic) bond motifs is 1. The van der Waals surface area contributed by atoms with Crippen molar-refractivity contribution in [3.8, 4) is 0 Å². The molecule has 7 nitrogen and oxygen atoms in total. The summed E-state index contributed by atoms with van der Waals surface area (Å²) < 4.78 is 1.75. The minimum atomic E-state index is -0.275. The minimum Gasteiger partial charge on any atom is -0.346 e. The summed E-state index contributed by atoms with van der Waals surface area (Å²) in [5, 5.41) is 10.5. The Hall–Kier alpha value is -2.74. The van der Waals surface area contributed by atoms with Crippen LogP contribution in [-0.2, 0) is 11.3 Å². The normalized spacial score (nSPS) is 11.6. The topological polar surface area (TPSA) is 92.7 Å². The molecule has 0 fully saturated rings. The van der Waals surface area contributed by atoms with E-state index in [4.69, 9.17) is 0 Å². The number of hydrogen-bond acceptors (Lipinski definition) is 5. The molecule has 0 unspecified atom stereocenters. The van der Waals surface area contributed by atoms with Crippen molar-refractivity contribution in [2.75, 3.05) is 0 Å². The molecule has 0 saturated heterocycles. The van der Waals surface area contributed by atoms with Crippen LogP contribution in [0.2, 0.25) is 0 Å². The molecule has 3 heterocycles. The van der Waals surface area contributed by atoms with Gasteiger partial charge in [-0.25, -0.2) is 9.67 Å². The van der Waals surface area contributed by atoms with E-state index in [1.165, 1.54) is 23.5 Å². The van der Waals surface area contributed by atoms with Crippen LogP contribution in [0.25, 0.3) is 17.1 Å². The maximum atomic E-state index is 12.2. The number of nitrogens with zero attached hydrogens (tertiary/aromatic N) is 3. The van der Waals surface area contributed by atoms with E-state index in [1.807, 2.05) is 19.2 Å². The fraction of sp³-hybridized carbons (Fsp3) is 0.250. The van der Waals surface area contributed by atoms with Crippen LogP contribution >= 0.6 is 11.3 Å². The zero-order valence-electron chi connectivity index (χ0n) is 13.3. The number of thiazole rings is 1. The van der Waals surface area contributed by atoms with E-state index in [0.29, 0.717) is 17.8 Å². The van der Waals surface area contributed by atoms with Gasteiger partial charge in [-0.3, -0.25) is 9.59 Å². The first-order valence-corrected chi connectivity index (χ1v) is 8.37. The average molecular weight is 343 g/mol. The molecule has 3 aromatic heterocycles. The maximum absolute atomic E-state index is 12.2. The van der Waals surface area contributed by atoms with Crippen molar-refractivity contribution in [1.82, 2.24) is 25.1 Å². The van der Waals surface area contributed by atoms with Gasteiger partial charge >= 0.3 is 0 Å². The molecule has 3 aromatic rings. The summed E-state index contributed by atoms with van der Waals surface area (Å²) in [5.41, 5.74) is 0.837. The Morgan fingerprint density at radius 2 is 2.33 bits per heavy atom. The number of aromatic amines is 1. The van der Waals surface area contributed by atoms with Crippen LogP contribution in [0.15, 0.2) is 34.7 Å². The smallest absolute Gasteiger partial charge is 0.256 e. The van der Waals surface area contributed by atoms with Gasteiger partial charge < -0.3 is 10.3 Å². The Bertz CT molecular complexity index is 937. The van der Waals surface area contributed by atoms with E-state index >= 15 is 0 Å². The van der Waals surface area contributed by atoms with Gasteiger partial charge in [0.2, 0.25) is 5.91 Å². The SMILES string of the molecule is CC(C)n1ncc2cc(C=CC(=O)NCc3nccs3)c(=O)[nH]c21. The first kappa shape index (κ1) is 16.1. The fourth-order valence-corrected chi connectivity index (χ4v) is 2.82. The summed E-state index contributed by atoms with van der Waals surface area (Å²) in [4.78, 5) is 30.9. The van der Waals surface area contributed by atoms with Crippen molar-refractivity contribution in [3.05, 3.63) is 50.8 Å². The molecule has 0 aliphatic rings. The van der Waals surface area contributed by atoms with Gasteiger partial charge in [0.1, 0.15) is 10.7 Å². The third-order valence-corrected chi connectivity index (χ3v) is 4.21. The molecule has 3 rings (SSSR count). The van der Waals surface area contributed by atoms with Crippen molar-refractivity contribution < 1.29 is 4.79 Å². The monoisotopic (exact) mass is 343 g/mol. The second kappa shape index (κ2) is 6.79. The number of rotatable bonds is 5. The molecular formula is C16H17N5O2S. The van der Waals surface area contributed by atoms with Crippen LogP contribution in [0, 0.1) is 0 Å². The van der Waals surface area contributed by atoms with Crippen molar-refractivity contribution >= 4 is 34.4 Å². The quantitative estimate of drug-likeness (QED) is 0.694. The molecule has 0 radical (unpaired) electrons. The molecule has 0 spiro atoms. The number of aromatic nitrogens is 4. The Morgan fingerprint density at radius 1 is 1.50 bits per heavy atom. The molecule has 0 atom stereocenters. The summed E-state index contributed by atoms with van der Waals surface area (Å²) in [6, 6.07) is 1.88. The van der Waals surface area contributed by atoms with Crippen molar-refractivity contribution in [3.63, 3.8) is 0 Å². The molecule has 0 bridgehead atoms. The fourth-order valence-electron chi connectivity index (χ4n) is 2.27. The van der Waals surface area contributed by atoms with Crippen molar-refractivity contribution in [2.24, 2.45) is 0 Å². The first-order valence-electron chi connectivity index (χ1n) is 7.49. The summed E-state index contributed by atoms with van der Waals surface area (Å²) in [7, 11) is 0. The third-order valence-electron chi connectivity index (χ3n) is 3.43. The Balaban J connectivity index is 1.75. The van der Waals surface area contributed by atoms with E-state index in [9.17, 15) is 9.59 Å². The maximum Gasteiger partial charge on any atom is 0.256 e. The van der Waals surface area contributed by atoms with E-state index in [0.717, 1.165) is 10.4 Å². The number of carbonyl (C=O) groups excluding carboxylic acids is 1. The molecule has 0 aliphatic carbocycles. The van der Waals surface area contributed by atoms with Crippen LogP contribution in [0.4, 0.5) is 0 Å². The number of hydrogen-bond donors (Lipinski definition) is 2. The summed E-state index contributed by atoms with van der Waals surface area (Å²) in [6.45, 7) is 4.36. The van der Waals surface area contributed by atoms with E-state index in [1.54, 1.807) is 23.1 Å². The summed E-state index contributed by atoms with van der Waals surface area (Å²) in [5.74, 6) is -0.275. The predicted octanol–water partition coefficient (Wildman–Crippen LogP) is 2.09. The predicted molar refractivity (Wildman–Crippen MR) is 93.7 cm³/mol. The average Bonchev–Trinajstić information content (AvgIpc) is 3.19. The highest BCUT2D eigenvalue weighted by Gasteiger charge is 2.09. The molecular weight excluding hydrogens is 326 g/mol. The Kier molecular flexibility index (Phi) is 4.57. The second-order valence-corrected chi connectivity index (χ2v) is 6.50. The van der Waals surface area contributed by atoms with Gasteiger partial charge in [-0.05, 0) is 26.0 Å². The van der Waals surface area contributed by atoms with Gasteiger partial charge in [-0.15, -0.1) is 11.3 Å². The van der Waals surface area contributed by atoms with Crippen molar-refractivity contribution in [1.29, 1.82) is 0 Å². The standard InChI is InChI=1S/C16H17N5O2S/c1-10(2)21-15-12(8-19-21)7-11(16(23)20-15)3-4-13(22)18-9-14-17-5-6-24-14/h3-8,10H,9H2,1-2H3,(H,18,22)(H,20,23). The molecule has 8 heteroatoms. The lowest BCUT2D eigenvalue weighted by atomic mass is 10.2. The number of nitrogens with one attached hydrogen (secondary N) is 2. The van der Waals surface area contributed by atoms with Gasteiger partial charge in [-0.1, -0.05) is 0 Å². The number of H-pyrrole nitrogens is 1. The van der Waals surface area contributed by atoms with Crippen LogP contribution in [-0.4, -0.2) is 25.7 Å². The number of pyridine rings is 1. The zero-order chi connectivity index (χ0) is 17.1. The van der Waals surface area contributed by atoms with Crippen LogP contribution < -0.4 is 10.9 Å². The molecule has 2 N–H and O–H groups in total. The van der Waals surface area contributed by atoms with Crippen LogP contribution in [0.3, 0.4) is 0 Å². The van der Waals surface area contributed by atoms with Gasteiger partial charge in [0.05, 0.1) is 12.7 Å². The van der Waals surface area contributed by atoms with Crippen molar-refractivity contribution in [2.45, 2.75) is 26.4 Å². The van der Waals surface area contributed by atoms with Crippen LogP contribution in [0.5, 0.6) is 0 Å². The lowest BCUT2D eigenvalue weighted by Gasteiger charge is -2.06. The van der Waals surface area contributed by atoms with Gasteiger partial charge in [0.15, 0.2) is 0 Å². The Morgan fingerprint density at radius 3 is 3.04 bits per heavy atom. The first-order chi connectivity index (χ1) is 11.5. The van der Waals surface area contributed by atoms with Gasteiger partial charge in [0, 0.05) is 34.6 Å². The second-order valence-electron chi connectivity index (χ2n) is 5.52. The molecule has 0 saturated carbocycles. The molecule has 0 aromatic carbocycles. The molecule has 124 valence electrons. The van der Waals surface area contributed by atoms with E-state index in [-0.39, 0.29) is 17.5 Å². The summed E-state index contributed by atoms with van der Waals surface area (Å²) in [6.07, 6.45) is 6.23. The Labute approximate surface area is 142 Å². The molecule has 24 heavy (non-hydrogen) atoms. The van der Waals surface area contributed by atoms with E-state index < -0.39 is 0 Å². The van der Waals surface area contributed by atoms with Crippen LogP contribution in [0.1, 0.15) is 30.5 Å². The van der Waals surface area contributed by atoms with E-state index in [2.05, 4.69) is 20.4 Å². The highest BCUT2D eigenvalue weighted by molar-refractivity contribution is 7.09. The number of amides is 1. The lowest BCUT2D eigenvalue weighted by molar-refractivity contribution is -0.116. The minimum absolute atomic E-state index is 0.149. The lowest BCUT2D eigenvalue weighted by Crippen LogP contribution is -2.20. The summed E-state index contributed by atoms with van der Waals surface area (Å²) >= 11 is 1.47. The highest BCUT2D eigenvalue weighted by atomic mass is 32.1.